The van der Waals surface area contributed by atoms with E-state index >= 15 is 0 Å². The summed E-state index contributed by atoms with van der Waals surface area (Å²) in [5, 5.41) is 2.68. The smallest absolute Gasteiger partial charge is 0.338 e. The largest absolute Gasteiger partial charge is 0.497 e. The van der Waals surface area contributed by atoms with Crippen molar-refractivity contribution < 1.29 is 27.5 Å². The Hall–Kier alpha value is -3.07. The van der Waals surface area contributed by atoms with Crippen molar-refractivity contribution in [3.05, 3.63) is 54.1 Å². The molecule has 0 unspecified atom stereocenters. The number of rotatable bonds is 10. The van der Waals surface area contributed by atoms with Crippen molar-refractivity contribution in [1.29, 1.82) is 0 Å². The van der Waals surface area contributed by atoms with Crippen LogP contribution in [0.5, 0.6) is 5.75 Å². The Morgan fingerprint density at radius 2 is 1.81 bits per heavy atom. The first kappa shape index (κ1) is 24.2. The molecule has 0 saturated heterocycles. The minimum atomic E-state index is -3.75. The average Bonchev–Trinajstić information content (AvgIpc) is 2.73. The molecule has 31 heavy (non-hydrogen) atoms. The second-order valence-corrected chi connectivity index (χ2v) is 8.85. The lowest BCUT2D eigenvalue weighted by molar-refractivity contribution is -0.116. The number of carbonyl (C=O) groups is 2. The highest BCUT2D eigenvalue weighted by Crippen LogP contribution is 2.25. The van der Waals surface area contributed by atoms with Gasteiger partial charge in [-0.3, -0.25) is 9.10 Å². The lowest BCUT2D eigenvalue weighted by Gasteiger charge is -2.28. The lowest BCUT2D eigenvalue weighted by atomic mass is 10.2. The van der Waals surface area contributed by atoms with Gasteiger partial charge in [0.2, 0.25) is 15.9 Å². The number of anilines is 2. The summed E-state index contributed by atoms with van der Waals surface area (Å²) in [6, 6.07) is 11.7. The van der Waals surface area contributed by atoms with Crippen LogP contribution in [-0.2, 0) is 19.6 Å². The number of carbonyl (C=O) groups excluding carboxylic acids is 2. The molecule has 1 amide bonds. The molecule has 2 aromatic rings. The third-order valence-corrected chi connectivity index (χ3v) is 5.76. The molecule has 0 aromatic heterocycles. The van der Waals surface area contributed by atoms with Crippen molar-refractivity contribution in [2.24, 2.45) is 0 Å². The second kappa shape index (κ2) is 10.8. The monoisotopic (exact) mass is 448 g/mol. The third-order valence-electron chi connectivity index (χ3n) is 4.52. The molecule has 8 nitrogen and oxygen atoms in total. The molecule has 0 aliphatic carbocycles. The van der Waals surface area contributed by atoms with E-state index in [0.29, 0.717) is 29.3 Å². The topological polar surface area (TPSA) is 102 Å². The van der Waals surface area contributed by atoms with Crippen LogP contribution in [0.3, 0.4) is 0 Å². The van der Waals surface area contributed by atoms with Gasteiger partial charge < -0.3 is 14.8 Å². The van der Waals surface area contributed by atoms with Gasteiger partial charge >= 0.3 is 5.97 Å². The summed E-state index contributed by atoms with van der Waals surface area (Å²) >= 11 is 0. The first-order chi connectivity index (χ1) is 14.7. The summed E-state index contributed by atoms with van der Waals surface area (Å²) in [6.45, 7) is 3.86. The molecule has 0 bridgehead atoms. The summed E-state index contributed by atoms with van der Waals surface area (Å²) in [6.07, 6.45) is 2.76. The van der Waals surface area contributed by atoms with E-state index in [1.165, 1.54) is 14.0 Å². The number of unbranched alkanes of at least 4 members (excludes halogenated alkanes) is 1. The van der Waals surface area contributed by atoms with Gasteiger partial charge in [0, 0.05) is 11.8 Å². The van der Waals surface area contributed by atoms with E-state index in [2.05, 4.69) is 5.32 Å². The number of amides is 1. The molecule has 0 aliphatic rings. The number of esters is 1. The molecular formula is C22H28N2O6S. The fraction of sp³-hybridized carbons (Fsp3) is 0.364. The Morgan fingerprint density at radius 1 is 1.13 bits per heavy atom. The van der Waals surface area contributed by atoms with Crippen LogP contribution in [-0.4, -0.2) is 46.3 Å². The minimum Gasteiger partial charge on any atom is -0.497 e. The van der Waals surface area contributed by atoms with Gasteiger partial charge in [-0.25, -0.2) is 13.2 Å². The Balaban J connectivity index is 2.14. The van der Waals surface area contributed by atoms with Crippen LogP contribution in [0, 0.1) is 0 Å². The van der Waals surface area contributed by atoms with Crippen LogP contribution in [0.2, 0.25) is 0 Å². The van der Waals surface area contributed by atoms with Gasteiger partial charge in [0.15, 0.2) is 0 Å². The van der Waals surface area contributed by atoms with Crippen LogP contribution in [0.25, 0.3) is 0 Å². The Kier molecular flexibility index (Phi) is 8.44. The maximum absolute atomic E-state index is 12.8. The highest BCUT2D eigenvalue weighted by atomic mass is 32.2. The standard InChI is InChI=1S/C22H28N2O6S/c1-5-6-14-30-22(26)17-10-12-18(13-11-17)23-21(25)16(2)24(31(4,27)28)19-8-7-9-20(15-19)29-3/h7-13,15-16H,5-6,14H2,1-4H3,(H,23,25)/t16-/m1/s1. The van der Waals surface area contributed by atoms with Gasteiger partial charge in [0.25, 0.3) is 0 Å². The van der Waals surface area contributed by atoms with E-state index < -0.39 is 27.9 Å². The zero-order valence-corrected chi connectivity index (χ0v) is 18.9. The molecule has 9 heteroatoms. The van der Waals surface area contributed by atoms with Crippen LogP contribution < -0.4 is 14.4 Å². The molecule has 168 valence electrons. The van der Waals surface area contributed by atoms with Crippen molar-refractivity contribution in [2.45, 2.75) is 32.7 Å². The minimum absolute atomic E-state index is 0.315. The highest BCUT2D eigenvalue weighted by Gasteiger charge is 2.29. The third kappa shape index (κ3) is 6.71. The Morgan fingerprint density at radius 3 is 2.39 bits per heavy atom. The van der Waals surface area contributed by atoms with E-state index in [4.69, 9.17) is 9.47 Å². The summed E-state index contributed by atoms with van der Waals surface area (Å²) in [5.41, 5.74) is 1.12. The second-order valence-electron chi connectivity index (χ2n) is 6.99. The van der Waals surface area contributed by atoms with Gasteiger partial charge in [-0.1, -0.05) is 19.4 Å². The van der Waals surface area contributed by atoms with E-state index in [1.54, 1.807) is 48.5 Å². The van der Waals surface area contributed by atoms with Gasteiger partial charge in [0.1, 0.15) is 11.8 Å². The zero-order chi connectivity index (χ0) is 23.0. The van der Waals surface area contributed by atoms with Crippen molar-refractivity contribution in [3.8, 4) is 5.75 Å². The molecule has 2 aromatic carbocycles. The molecule has 0 radical (unpaired) electrons. The fourth-order valence-electron chi connectivity index (χ4n) is 2.89. The van der Waals surface area contributed by atoms with Crippen LogP contribution >= 0.6 is 0 Å². The van der Waals surface area contributed by atoms with E-state index in [1.807, 2.05) is 6.92 Å². The van der Waals surface area contributed by atoms with Crippen molar-refractivity contribution >= 4 is 33.3 Å². The van der Waals surface area contributed by atoms with Crippen molar-refractivity contribution in [3.63, 3.8) is 0 Å². The quantitative estimate of drug-likeness (QED) is 0.441. The summed E-state index contributed by atoms with van der Waals surface area (Å²) < 4.78 is 36.2. The Bertz CT molecular complexity index is 1000. The van der Waals surface area contributed by atoms with Gasteiger partial charge in [-0.15, -0.1) is 0 Å². The Labute approximate surface area is 183 Å². The van der Waals surface area contributed by atoms with Crippen LogP contribution in [0.1, 0.15) is 37.0 Å². The molecule has 0 saturated carbocycles. The average molecular weight is 449 g/mol. The van der Waals surface area contributed by atoms with E-state index in [9.17, 15) is 18.0 Å². The maximum Gasteiger partial charge on any atom is 0.338 e. The zero-order valence-electron chi connectivity index (χ0n) is 18.1. The number of hydrogen-bond donors (Lipinski definition) is 1. The van der Waals surface area contributed by atoms with Crippen molar-refractivity contribution in [2.75, 3.05) is 29.6 Å². The molecular weight excluding hydrogens is 420 g/mol. The number of sulfonamides is 1. The molecule has 1 atom stereocenters. The molecule has 0 aliphatic heterocycles. The molecule has 1 N–H and O–H groups in total. The van der Waals surface area contributed by atoms with Gasteiger partial charge in [0.05, 0.1) is 31.2 Å². The van der Waals surface area contributed by atoms with Gasteiger partial charge in [-0.05, 0) is 49.7 Å². The van der Waals surface area contributed by atoms with Crippen LogP contribution in [0.4, 0.5) is 11.4 Å². The number of benzene rings is 2. The summed E-state index contributed by atoms with van der Waals surface area (Å²) in [5.74, 6) is -0.479. The highest BCUT2D eigenvalue weighted by molar-refractivity contribution is 7.92. The maximum atomic E-state index is 12.8. The fourth-order valence-corrected chi connectivity index (χ4v) is 4.05. The number of ether oxygens (including phenoxy) is 2. The summed E-state index contributed by atoms with van der Waals surface area (Å²) in [7, 11) is -2.28. The first-order valence-corrected chi connectivity index (χ1v) is 11.7. The summed E-state index contributed by atoms with van der Waals surface area (Å²) in [4.78, 5) is 24.8. The number of methoxy groups -OCH3 is 1. The van der Waals surface area contributed by atoms with Crippen molar-refractivity contribution in [1.82, 2.24) is 0 Å². The predicted octanol–water partition coefficient (Wildman–Crippen LogP) is 3.45. The molecule has 0 fully saturated rings. The number of hydrogen-bond acceptors (Lipinski definition) is 6. The number of nitrogens with zero attached hydrogens (tertiary/aromatic N) is 1. The normalized spacial score (nSPS) is 12.0. The van der Waals surface area contributed by atoms with Gasteiger partial charge in [-0.2, -0.15) is 0 Å². The lowest BCUT2D eigenvalue weighted by Crippen LogP contribution is -2.45. The molecule has 0 heterocycles. The number of nitrogens with one attached hydrogen (secondary N) is 1. The molecule has 0 spiro atoms. The predicted molar refractivity (Wildman–Crippen MR) is 120 cm³/mol. The van der Waals surface area contributed by atoms with E-state index in [-0.39, 0.29) is 0 Å². The SMILES string of the molecule is CCCCOC(=O)c1ccc(NC(=O)[C@@H](C)N(c2cccc(OC)c2)S(C)(=O)=O)cc1. The van der Waals surface area contributed by atoms with E-state index in [0.717, 1.165) is 23.4 Å². The van der Waals surface area contributed by atoms with Crippen LogP contribution in [0.15, 0.2) is 48.5 Å². The first-order valence-electron chi connectivity index (χ1n) is 9.89. The molecule has 2 rings (SSSR count).